The van der Waals surface area contributed by atoms with Gasteiger partial charge in [-0.3, -0.25) is 0 Å². The van der Waals surface area contributed by atoms with Gasteiger partial charge in [-0.2, -0.15) is 0 Å². The van der Waals surface area contributed by atoms with Crippen LogP contribution in [0.3, 0.4) is 0 Å². The Balaban J connectivity index is 2.28. The van der Waals surface area contributed by atoms with E-state index in [0.29, 0.717) is 20.9 Å². The van der Waals surface area contributed by atoms with E-state index in [0.717, 1.165) is 17.7 Å². The summed E-state index contributed by atoms with van der Waals surface area (Å²) in [6, 6.07) is 10.6. The molecule has 0 aromatic heterocycles. The minimum atomic E-state index is -0.266. The SMILES string of the molecule is CCNC(Cc1ccc(Cl)cc1Cl)c1ccc(Br)c(F)c1. The molecule has 21 heavy (non-hydrogen) atoms. The molecule has 0 saturated heterocycles. The maximum absolute atomic E-state index is 13.7. The minimum Gasteiger partial charge on any atom is -0.310 e. The lowest BCUT2D eigenvalue weighted by Gasteiger charge is -2.19. The van der Waals surface area contributed by atoms with Crippen molar-refractivity contribution in [3.8, 4) is 0 Å². The number of hydrogen-bond donors (Lipinski definition) is 1. The predicted molar refractivity (Wildman–Crippen MR) is 90.7 cm³/mol. The van der Waals surface area contributed by atoms with Gasteiger partial charge < -0.3 is 5.32 Å². The molecule has 5 heteroatoms. The Labute approximate surface area is 142 Å². The van der Waals surface area contributed by atoms with Gasteiger partial charge in [0.25, 0.3) is 0 Å². The number of halogens is 4. The van der Waals surface area contributed by atoms with E-state index in [1.165, 1.54) is 0 Å². The second-order valence-corrected chi connectivity index (χ2v) is 6.42. The minimum absolute atomic E-state index is 0.00345. The molecular formula is C16H15BrCl2FN. The fourth-order valence-electron chi connectivity index (χ4n) is 2.19. The fraction of sp³-hybridized carbons (Fsp3) is 0.250. The van der Waals surface area contributed by atoms with Crippen LogP contribution in [0.1, 0.15) is 24.1 Å². The molecule has 0 saturated carbocycles. The van der Waals surface area contributed by atoms with Gasteiger partial charge in [-0.25, -0.2) is 4.39 Å². The first-order valence-electron chi connectivity index (χ1n) is 6.63. The van der Waals surface area contributed by atoms with Gasteiger partial charge in [-0.1, -0.05) is 42.3 Å². The van der Waals surface area contributed by atoms with E-state index >= 15 is 0 Å². The van der Waals surface area contributed by atoms with Crippen molar-refractivity contribution in [3.05, 3.63) is 67.9 Å². The van der Waals surface area contributed by atoms with Crippen molar-refractivity contribution < 1.29 is 4.39 Å². The van der Waals surface area contributed by atoms with Crippen molar-refractivity contribution in [2.75, 3.05) is 6.54 Å². The maximum Gasteiger partial charge on any atom is 0.137 e. The second-order valence-electron chi connectivity index (χ2n) is 4.72. The summed E-state index contributed by atoms with van der Waals surface area (Å²) in [5.74, 6) is -0.266. The highest BCUT2D eigenvalue weighted by Crippen LogP contribution is 2.27. The first kappa shape index (κ1) is 16.8. The number of benzene rings is 2. The van der Waals surface area contributed by atoms with Crippen LogP contribution in [0.2, 0.25) is 10.0 Å². The fourth-order valence-corrected chi connectivity index (χ4v) is 2.92. The van der Waals surface area contributed by atoms with Gasteiger partial charge in [0, 0.05) is 16.1 Å². The van der Waals surface area contributed by atoms with E-state index in [2.05, 4.69) is 21.2 Å². The first-order chi connectivity index (χ1) is 10.0. The number of likely N-dealkylation sites (N-methyl/N-ethyl adjacent to an activating group) is 1. The molecule has 1 atom stereocenters. The molecule has 1 nitrogen and oxygen atoms in total. The van der Waals surface area contributed by atoms with Crippen LogP contribution in [0.4, 0.5) is 4.39 Å². The Morgan fingerprint density at radius 1 is 1.19 bits per heavy atom. The average molecular weight is 391 g/mol. The molecule has 2 aromatic rings. The van der Waals surface area contributed by atoms with Crippen LogP contribution in [0, 0.1) is 5.82 Å². The molecule has 0 heterocycles. The standard InChI is InChI=1S/C16H15BrCl2FN/c1-2-21-16(11-4-6-13(17)15(20)7-11)8-10-3-5-12(18)9-14(10)19/h3-7,9,16,21H,2,8H2,1H3. The second kappa shape index (κ2) is 7.59. The smallest absolute Gasteiger partial charge is 0.137 e. The van der Waals surface area contributed by atoms with Crippen LogP contribution < -0.4 is 5.32 Å². The first-order valence-corrected chi connectivity index (χ1v) is 8.18. The lowest BCUT2D eigenvalue weighted by atomic mass is 9.98. The van der Waals surface area contributed by atoms with Gasteiger partial charge in [0.1, 0.15) is 5.82 Å². The van der Waals surface area contributed by atoms with Crippen LogP contribution in [0.5, 0.6) is 0 Å². The van der Waals surface area contributed by atoms with Gasteiger partial charge in [0.15, 0.2) is 0 Å². The molecule has 1 unspecified atom stereocenters. The van der Waals surface area contributed by atoms with E-state index < -0.39 is 0 Å². The highest BCUT2D eigenvalue weighted by Gasteiger charge is 2.15. The van der Waals surface area contributed by atoms with E-state index in [1.54, 1.807) is 18.2 Å². The van der Waals surface area contributed by atoms with Gasteiger partial charge >= 0.3 is 0 Å². The number of nitrogens with one attached hydrogen (secondary N) is 1. The third kappa shape index (κ3) is 4.43. The van der Waals surface area contributed by atoms with Crippen LogP contribution in [0.25, 0.3) is 0 Å². The molecule has 0 fully saturated rings. The van der Waals surface area contributed by atoms with Crippen LogP contribution >= 0.6 is 39.1 Å². The molecule has 0 aliphatic rings. The molecule has 0 bridgehead atoms. The monoisotopic (exact) mass is 389 g/mol. The van der Waals surface area contributed by atoms with Crippen LogP contribution in [-0.4, -0.2) is 6.54 Å². The molecule has 112 valence electrons. The summed E-state index contributed by atoms with van der Waals surface area (Å²) in [6.45, 7) is 2.80. The van der Waals surface area contributed by atoms with Gasteiger partial charge in [-0.05, 0) is 64.3 Å². The lowest BCUT2D eigenvalue weighted by Crippen LogP contribution is -2.23. The summed E-state index contributed by atoms with van der Waals surface area (Å²) >= 11 is 15.3. The summed E-state index contributed by atoms with van der Waals surface area (Å²) in [6.07, 6.45) is 0.672. The Hall–Kier alpha value is -0.610. The number of hydrogen-bond acceptors (Lipinski definition) is 1. The van der Waals surface area contributed by atoms with Crippen molar-refractivity contribution in [3.63, 3.8) is 0 Å². The topological polar surface area (TPSA) is 12.0 Å². The summed E-state index contributed by atoms with van der Waals surface area (Å²) in [7, 11) is 0. The van der Waals surface area contributed by atoms with Crippen molar-refractivity contribution in [1.82, 2.24) is 5.32 Å². The third-order valence-corrected chi connectivity index (χ3v) is 4.47. The average Bonchev–Trinajstić information content (AvgIpc) is 2.44. The van der Waals surface area contributed by atoms with E-state index in [9.17, 15) is 4.39 Å². The van der Waals surface area contributed by atoms with Crippen molar-refractivity contribution in [2.45, 2.75) is 19.4 Å². The van der Waals surface area contributed by atoms with Crippen LogP contribution in [0.15, 0.2) is 40.9 Å². The Morgan fingerprint density at radius 3 is 2.57 bits per heavy atom. The van der Waals surface area contributed by atoms with E-state index in [1.807, 2.05) is 25.1 Å². The quantitative estimate of drug-likeness (QED) is 0.681. The molecule has 0 amide bonds. The number of rotatable bonds is 5. The molecule has 0 radical (unpaired) electrons. The molecule has 0 spiro atoms. The van der Waals surface area contributed by atoms with Gasteiger partial charge in [0.2, 0.25) is 0 Å². The summed E-state index contributed by atoms with van der Waals surface area (Å²) in [5.41, 5.74) is 1.87. The molecule has 0 aliphatic heterocycles. The largest absolute Gasteiger partial charge is 0.310 e. The molecule has 0 aliphatic carbocycles. The Morgan fingerprint density at radius 2 is 1.95 bits per heavy atom. The summed E-state index contributed by atoms with van der Waals surface area (Å²) in [4.78, 5) is 0. The molecule has 2 rings (SSSR count). The summed E-state index contributed by atoms with van der Waals surface area (Å²) in [5, 5.41) is 4.60. The summed E-state index contributed by atoms with van der Waals surface area (Å²) < 4.78 is 14.2. The highest BCUT2D eigenvalue weighted by molar-refractivity contribution is 9.10. The molecule has 1 N–H and O–H groups in total. The molecule has 2 aromatic carbocycles. The van der Waals surface area contributed by atoms with Gasteiger partial charge in [0.05, 0.1) is 4.47 Å². The van der Waals surface area contributed by atoms with Crippen LogP contribution in [-0.2, 0) is 6.42 Å². The third-order valence-electron chi connectivity index (χ3n) is 3.24. The molecular weight excluding hydrogens is 376 g/mol. The van der Waals surface area contributed by atoms with E-state index in [-0.39, 0.29) is 11.9 Å². The van der Waals surface area contributed by atoms with E-state index in [4.69, 9.17) is 23.2 Å². The maximum atomic E-state index is 13.7. The Kier molecular flexibility index (Phi) is 6.06. The zero-order chi connectivity index (χ0) is 15.4. The Bertz CT molecular complexity index is 634. The van der Waals surface area contributed by atoms with Crippen molar-refractivity contribution in [2.24, 2.45) is 0 Å². The normalized spacial score (nSPS) is 12.4. The zero-order valence-electron chi connectivity index (χ0n) is 11.5. The highest BCUT2D eigenvalue weighted by atomic mass is 79.9. The predicted octanol–water partition coefficient (Wildman–Crippen LogP) is 5.79. The van der Waals surface area contributed by atoms with Gasteiger partial charge in [-0.15, -0.1) is 0 Å². The lowest BCUT2D eigenvalue weighted by molar-refractivity contribution is 0.542. The van der Waals surface area contributed by atoms with Crippen molar-refractivity contribution in [1.29, 1.82) is 0 Å². The zero-order valence-corrected chi connectivity index (χ0v) is 14.6. The van der Waals surface area contributed by atoms with Crippen molar-refractivity contribution >= 4 is 39.1 Å².